The molecule has 36 heavy (non-hydrogen) atoms. The first-order valence-corrected chi connectivity index (χ1v) is 12.3. The average molecular weight is 565 g/mol. The number of carbonyl (C=O) groups is 3. The molecule has 2 rings (SSSR count). The van der Waals surface area contributed by atoms with Crippen molar-refractivity contribution < 1.29 is 38.1 Å². The lowest BCUT2D eigenvalue weighted by Crippen LogP contribution is -2.50. The van der Waals surface area contributed by atoms with Crippen LogP contribution in [0.3, 0.4) is 0 Å². The first-order chi connectivity index (χ1) is 17.0. The van der Waals surface area contributed by atoms with E-state index >= 15 is 0 Å². The van der Waals surface area contributed by atoms with Crippen molar-refractivity contribution in [2.75, 3.05) is 21.3 Å². The third-order valence-corrected chi connectivity index (χ3v) is 6.09. The molecule has 9 heteroatoms. The van der Waals surface area contributed by atoms with Crippen LogP contribution >= 0.6 is 15.9 Å². The van der Waals surface area contributed by atoms with Crippen LogP contribution in [0.2, 0.25) is 0 Å². The number of benzene rings is 2. The van der Waals surface area contributed by atoms with Gasteiger partial charge >= 0.3 is 11.9 Å². The Balaban J connectivity index is 2.52. The average Bonchev–Trinajstić information content (AvgIpc) is 2.83. The summed E-state index contributed by atoms with van der Waals surface area (Å²) in [4.78, 5) is 39.9. The molecule has 0 aliphatic carbocycles. The highest BCUT2D eigenvalue weighted by atomic mass is 79.9. The lowest BCUT2D eigenvalue weighted by molar-refractivity contribution is -0.172. The molecule has 0 fully saturated rings. The van der Waals surface area contributed by atoms with E-state index in [9.17, 15) is 14.4 Å². The fourth-order valence-corrected chi connectivity index (χ4v) is 4.17. The lowest BCUT2D eigenvalue weighted by atomic mass is 9.75. The number of ether oxygens (including phenoxy) is 5. The van der Waals surface area contributed by atoms with Gasteiger partial charge in [0.2, 0.25) is 5.41 Å². The number of carbonyl (C=O) groups excluding carboxylic acids is 3. The van der Waals surface area contributed by atoms with Gasteiger partial charge in [-0.2, -0.15) is 0 Å². The van der Waals surface area contributed by atoms with Crippen LogP contribution in [0.1, 0.15) is 38.8 Å². The predicted octanol–water partition coefficient (Wildman–Crippen LogP) is 4.72. The van der Waals surface area contributed by atoms with Gasteiger partial charge in [-0.15, -0.1) is 0 Å². The maximum atomic E-state index is 13.8. The van der Waals surface area contributed by atoms with Crippen molar-refractivity contribution in [1.82, 2.24) is 0 Å². The Bertz CT molecular complexity index is 1060. The summed E-state index contributed by atoms with van der Waals surface area (Å²) in [5.41, 5.74) is -1.13. The first kappa shape index (κ1) is 29.2. The van der Waals surface area contributed by atoms with Crippen molar-refractivity contribution in [3.8, 4) is 17.2 Å². The molecule has 196 valence electrons. The van der Waals surface area contributed by atoms with Crippen molar-refractivity contribution in [1.29, 1.82) is 0 Å². The van der Waals surface area contributed by atoms with Crippen molar-refractivity contribution >= 4 is 33.7 Å². The standard InChI is InChI=1S/C27H33BrO8/c1-16(2)35-20-10-8-18(9-11-20)15-27(25(30)33-6,26(31)34-7)24(29)13-19-12-23(36-17(3)4)22(32-5)14-21(19)28/h8-12,14,16-17H,13,15H2,1-7H3. The predicted molar refractivity (Wildman–Crippen MR) is 138 cm³/mol. The van der Waals surface area contributed by atoms with E-state index in [4.69, 9.17) is 23.7 Å². The van der Waals surface area contributed by atoms with Crippen molar-refractivity contribution in [3.63, 3.8) is 0 Å². The zero-order chi connectivity index (χ0) is 27.0. The maximum Gasteiger partial charge on any atom is 0.331 e. The summed E-state index contributed by atoms with van der Waals surface area (Å²) in [6.45, 7) is 7.54. The van der Waals surface area contributed by atoms with E-state index in [1.807, 2.05) is 27.7 Å². The van der Waals surface area contributed by atoms with Crippen LogP contribution in [0, 0.1) is 5.41 Å². The molecular formula is C27H33BrO8. The summed E-state index contributed by atoms with van der Waals surface area (Å²) in [6, 6.07) is 10.2. The summed E-state index contributed by atoms with van der Waals surface area (Å²) in [5.74, 6) is -1.13. The Morgan fingerprint density at radius 3 is 1.86 bits per heavy atom. The van der Waals surface area contributed by atoms with Gasteiger partial charge in [-0.1, -0.05) is 28.1 Å². The number of hydrogen-bond donors (Lipinski definition) is 0. The van der Waals surface area contributed by atoms with E-state index in [-0.39, 0.29) is 25.0 Å². The minimum Gasteiger partial charge on any atom is -0.493 e. The summed E-state index contributed by atoms with van der Waals surface area (Å²) in [5, 5.41) is 0. The number of methoxy groups -OCH3 is 3. The molecule has 0 heterocycles. The second-order valence-corrected chi connectivity index (χ2v) is 9.59. The molecule has 0 saturated heterocycles. The van der Waals surface area contributed by atoms with Gasteiger partial charge in [-0.25, -0.2) is 0 Å². The number of rotatable bonds is 12. The van der Waals surface area contributed by atoms with E-state index in [1.165, 1.54) is 7.11 Å². The van der Waals surface area contributed by atoms with Crippen molar-refractivity contribution in [3.05, 3.63) is 52.0 Å². The highest BCUT2D eigenvalue weighted by Crippen LogP contribution is 2.37. The SMILES string of the molecule is COC(=O)C(Cc1ccc(OC(C)C)cc1)(C(=O)Cc1cc(OC(C)C)c(OC)cc1Br)C(=O)OC. The molecule has 0 aliphatic heterocycles. The van der Waals surface area contributed by atoms with E-state index < -0.39 is 23.1 Å². The molecule has 0 amide bonds. The minimum atomic E-state index is -2.21. The number of Topliss-reactive ketones (excluding diaryl/α,β-unsaturated/α-hetero) is 1. The van der Waals surface area contributed by atoms with Gasteiger partial charge in [0.25, 0.3) is 0 Å². The van der Waals surface area contributed by atoms with E-state index in [0.717, 1.165) is 14.2 Å². The molecule has 2 aromatic carbocycles. The Hall–Kier alpha value is -3.07. The topological polar surface area (TPSA) is 97.4 Å². The molecule has 8 nitrogen and oxygen atoms in total. The molecule has 2 aromatic rings. The van der Waals surface area contributed by atoms with Gasteiger partial charge in [-0.3, -0.25) is 14.4 Å². The highest BCUT2D eigenvalue weighted by molar-refractivity contribution is 9.10. The molecular weight excluding hydrogens is 532 g/mol. The normalized spacial score (nSPS) is 11.3. The monoisotopic (exact) mass is 564 g/mol. The maximum absolute atomic E-state index is 13.8. The molecule has 0 atom stereocenters. The van der Waals surface area contributed by atoms with Crippen LogP contribution in [0.25, 0.3) is 0 Å². The molecule has 0 unspecified atom stereocenters. The van der Waals surface area contributed by atoms with Crippen LogP contribution in [-0.2, 0) is 36.7 Å². The van der Waals surface area contributed by atoms with Crippen LogP contribution in [-0.4, -0.2) is 51.3 Å². The Kier molecular flexibility index (Phi) is 10.3. The summed E-state index contributed by atoms with van der Waals surface area (Å²) in [6.07, 6.45) is -0.668. The molecule has 0 aliphatic rings. The van der Waals surface area contributed by atoms with Crippen molar-refractivity contribution in [2.24, 2.45) is 5.41 Å². The summed E-state index contributed by atoms with van der Waals surface area (Å²) in [7, 11) is 3.77. The van der Waals surface area contributed by atoms with Gasteiger partial charge in [0.05, 0.1) is 33.5 Å². The zero-order valence-electron chi connectivity index (χ0n) is 21.7. The van der Waals surface area contributed by atoms with Crippen LogP contribution in [0.5, 0.6) is 17.2 Å². The van der Waals surface area contributed by atoms with Gasteiger partial charge in [0.15, 0.2) is 17.3 Å². The molecule has 0 bridgehead atoms. The van der Waals surface area contributed by atoms with Crippen LogP contribution in [0.4, 0.5) is 0 Å². The largest absolute Gasteiger partial charge is 0.493 e. The minimum absolute atomic E-state index is 0.0193. The van der Waals surface area contributed by atoms with Crippen LogP contribution < -0.4 is 14.2 Å². The third kappa shape index (κ3) is 6.78. The fraction of sp³-hybridized carbons (Fsp3) is 0.444. The molecule has 0 radical (unpaired) electrons. The number of hydrogen-bond acceptors (Lipinski definition) is 8. The quantitative estimate of drug-likeness (QED) is 0.270. The Morgan fingerprint density at radius 1 is 0.833 bits per heavy atom. The van der Waals surface area contributed by atoms with Gasteiger partial charge in [0, 0.05) is 17.3 Å². The molecule has 0 N–H and O–H groups in total. The Labute approximate surface area is 220 Å². The Morgan fingerprint density at radius 2 is 1.39 bits per heavy atom. The molecule has 0 spiro atoms. The van der Waals surface area contributed by atoms with Gasteiger partial charge in [0.1, 0.15) is 5.75 Å². The fourth-order valence-electron chi connectivity index (χ4n) is 3.71. The van der Waals surface area contributed by atoms with Crippen LogP contribution in [0.15, 0.2) is 40.9 Å². The molecule has 0 aromatic heterocycles. The third-order valence-electron chi connectivity index (χ3n) is 5.35. The summed E-state index contributed by atoms with van der Waals surface area (Å²) >= 11 is 3.45. The van der Waals surface area contributed by atoms with E-state index in [1.54, 1.807) is 36.4 Å². The second kappa shape index (κ2) is 12.8. The first-order valence-electron chi connectivity index (χ1n) is 11.5. The van der Waals surface area contributed by atoms with E-state index in [2.05, 4.69) is 15.9 Å². The second-order valence-electron chi connectivity index (χ2n) is 8.74. The lowest BCUT2D eigenvalue weighted by Gasteiger charge is -2.27. The number of ketones is 1. The number of halogens is 1. The van der Waals surface area contributed by atoms with E-state index in [0.29, 0.717) is 32.8 Å². The summed E-state index contributed by atoms with van der Waals surface area (Å²) < 4.78 is 27.3. The smallest absolute Gasteiger partial charge is 0.331 e. The highest BCUT2D eigenvalue weighted by Gasteiger charge is 2.54. The molecule has 0 saturated carbocycles. The number of esters is 2. The zero-order valence-corrected chi connectivity index (χ0v) is 23.3. The van der Waals surface area contributed by atoms with Gasteiger partial charge < -0.3 is 23.7 Å². The van der Waals surface area contributed by atoms with Crippen molar-refractivity contribution in [2.45, 2.75) is 52.7 Å². The van der Waals surface area contributed by atoms with Gasteiger partial charge in [-0.05, 0) is 63.1 Å².